The summed E-state index contributed by atoms with van der Waals surface area (Å²) < 4.78 is 5.32. The molecule has 0 heterocycles. The molecule has 0 radical (unpaired) electrons. The molecule has 1 N–H and O–H groups in total. The number of nitrogens with one attached hydrogen (secondary N) is 1. The molecule has 29 heavy (non-hydrogen) atoms. The van der Waals surface area contributed by atoms with Gasteiger partial charge in [0.15, 0.2) is 5.78 Å². The van der Waals surface area contributed by atoms with Crippen molar-refractivity contribution in [3.8, 4) is 5.75 Å². The lowest BCUT2D eigenvalue weighted by molar-refractivity contribution is -0.117. The number of hydrogen-bond donors (Lipinski definition) is 1. The molecule has 0 aliphatic heterocycles. The number of methoxy groups -OCH3 is 1. The standard InChI is InChI=1S/C24H28N2O3/c1-26(2)16-18-15-24(14-13-21(18)27,19-9-5-4-6-10-19)17-25-23(28)20-11-7-8-12-22(20)29-3/h4-12,16H,13-15,17H2,1-3H3,(H,25,28)/b18-16-. The summed E-state index contributed by atoms with van der Waals surface area (Å²) in [7, 11) is 5.40. The largest absolute Gasteiger partial charge is 0.496 e. The van der Waals surface area contributed by atoms with Crippen molar-refractivity contribution < 1.29 is 14.3 Å². The van der Waals surface area contributed by atoms with Crippen molar-refractivity contribution in [2.75, 3.05) is 27.7 Å². The molecule has 1 aliphatic rings. The highest BCUT2D eigenvalue weighted by molar-refractivity contribution is 5.98. The molecule has 3 rings (SSSR count). The Morgan fingerprint density at radius 3 is 2.52 bits per heavy atom. The van der Waals surface area contributed by atoms with Crippen molar-refractivity contribution in [1.82, 2.24) is 10.2 Å². The Balaban J connectivity index is 1.89. The first-order chi connectivity index (χ1) is 13.9. The van der Waals surface area contributed by atoms with Crippen molar-refractivity contribution in [1.29, 1.82) is 0 Å². The van der Waals surface area contributed by atoms with Gasteiger partial charge in [-0.1, -0.05) is 42.5 Å². The average molecular weight is 392 g/mol. The molecule has 1 aliphatic carbocycles. The molecule has 0 saturated heterocycles. The SMILES string of the molecule is COc1ccccc1C(=O)NCC1(c2ccccc2)CCC(=O)/C(=C\N(C)C)C1. The normalized spacial score (nSPS) is 20.4. The number of carbonyl (C=O) groups excluding carboxylic acids is 2. The summed E-state index contributed by atoms with van der Waals surface area (Å²) in [6, 6.07) is 17.3. The first kappa shape index (κ1) is 20.6. The van der Waals surface area contributed by atoms with Gasteiger partial charge in [0.25, 0.3) is 5.91 Å². The van der Waals surface area contributed by atoms with Gasteiger partial charge in [-0.05, 0) is 30.5 Å². The van der Waals surface area contributed by atoms with Crippen molar-refractivity contribution >= 4 is 11.7 Å². The predicted octanol–water partition coefficient (Wildman–Crippen LogP) is 3.56. The number of rotatable bonds is 6. The third kappa shape index (κ3) is 4.67. The summed E-state index contributed by atoms with van der Waals surface area (Å²) in [5.41, 5.74) is 2.12. The van der Waals surface area contributed by atoms with E-state index >= 15 is 0 Å². The van der Waals surface area contributed by atoms with E-state index in [1.54, 1.807) is 19.2 Å². The van der Waals surface area contributed by atoms with Crippen LogP contribution in [0.3, 0.4) is 0 Å². The van der Waals surface area contributed by atoms with Crippen LogP contribution < -0.4 is 10.1 Å². The summed E-state index contributed by atoms with van der Waals surface area (Å²) in [4.78, 5) is 27.3. The molecule has 0 spiro atoms. The molecule has 1 atom stereocenters. The molecule has 0 aromatic heterocycles. The van der Waals surface area contributed by atoms with Gasteiger partial charge in [0, 0.05) is 44.2 Å². The van der Waals surface area contributed by atoms with Crippen LogP contribution in [0.1, 0.15) is 35.2 Å². The minimum atomic E-state index is -0.325. The highest BCUT2D eigenvalue weighted by Crippen LogP contribution is 2.40. The lowest BCUT2D eigenvalue weighted by Crippen LogP contribution is -2.44. The zero-order valence-electron chi connectivity index (χ0n) is 17.3. The number of ether oxygens (including phenoxy) is 1. The Kier molecular flexibility index (Phi) is 6.37. The molecule has 1 amide bonds. The van der Waals surface area contributed by atoms with Gasteiger partial charge < -0.3 is 15.0 Å². The minimum absolute atomic E-state index is 0.173. The Hall–Kier alpha value is -3.08. The van der Waals surface area contributed by atoms with Gasteiger partial charge in [-0.15, -0.1) is 0 Å². The molecule has 0 bridgehead atoms. The van der Waals surface area contributed by atoms with Crippen LogP contribution in [0.4, 0.5) is 0 Å². The van der Waals surface area contributed by atoms with Crippen LogP contribution in [-0.4, -0.2) is 44.3 Å². The number of allylic oxidation sites excluding steroid dienone is 1. The molecule has 1 unspecified atom stereocenters. The second kappa shape index (κ2) is 8.95. The van der Waals surface area contributed by atoms with Crippen molar-refractivity contribution in [2.45, 2.75) is 24.7 Å². The highest BCUT2D eigenvalue weighted by Gasteiger charge is 2.39. The zero-order chi connectivity index (χ0) is 20.9. The number of hydrogen-bond acceptors (Lipinski definition) is 4. The van der Waals surface area contributed by atoms with E-state index in [1.165, 1.54) is 0 Å². The number of Topliss-reactive ketones (excluding diaryl/α,β-unsaturated/α-hetero) is 1. The van der Waals surface area contributed by atoms with Crippen LogP contribution in [0.2, 0.25) is 0 Å². The van der Waals surface area contributed by atoms with Crippen LogP contribution >= 0.6 is 0 Å². The van der Waals surface area contributed by atoms with E-state index in [0.717, 1.165) is 11.1 Å². The number of amides is 1. The Bertz CT molecular complexity index is 905. The van der Waals surface area contributed by atoms with Gasteiger partial charge in [-0.2, -0.15) is 0 Å². The highest BCUT2D eigenvalue weighted by atomic mass is 16.5. The zero-order valence-corrected chi connectivity index (χ0v) is 17.3. The Morgan fingerprint density at radius 2 is 1.83 bits per heavy atom. The molecule has 5 heteroatoms. The maximum absolute atomic E-state index is 12.9. The van der Waals surface area contributed by atoms with Gasteiger partial charge in [0.1, 0.15) is 5.75 Å². The fraction of sp³-hybridized carbons (Fsp3) is 0.333. The number of nitrogens with zero attached hydrogens (tertiary/aromatic N) is 1. The minimum Gasteiger partial charge on any atom is -0.496 e. The number of benzene rings is 2. The topological polar surface area (TPSA) is 58.6 Å². The van der Waals surface area contributed by atoms with E-state index in [4.69, 9.17) is 4.74 Å². The fourth-order valence-electron chi connectivity index (χ4n) is 3.96. The second-order valence-electron chi connectivity index (χ2n) is 7.75. The van der Waals surface area contributed by atoms with Crippen molar-refractivity contribution in [3.05, 3.63) is 77.5 Å². The predicted molar refractivity (Wildman–Crippen MR) is 114 cm³/mol. The van der Waals surface area contributed by atoms with Gasteiger partial charge in [-0.25, -0.2) is 0 Å². The van der Waals surface area contributed by atoms with Crippen LogP contribution in [-0.2, 0) is 10.2 Å². The van der Waals surface area contributed by atoms with Gasteiger partial charge >= 0.3 is 0 Å². The Morgan fingerprint density at radius 1 is 1.14 bits per heavy atom. The average Bonchev–Trinajstić information content (AvgIpc) is 2.74. The first-order valence-corrected chi connectivity index (χ1v) is 9.82. The van der Waals surface area contributed by atoms with E-state index in [9.17, 15) is 9.59 Å². The number of carbonyl (C=O) groups is 2. The maximum Gasteiger partial charge on any atom is 0.255 e. The molecule has 1 saturated carbocycles. The molecule has 152 valence electrons. The van der Waals surface area contributed by atoms with Crippen LogP contribution in [0.15, 0.2) is 66.4 Å². The molecule has 2 aromatic rings. The van der Waals surface area contributed by atoms with Crippen LogP contribution in [0.5, 0.6) is 5.75 Å². The van der Waals surface area contributed by atoms with Crippen LogP contribution in [0, 0.1) is 0 Å². The molecular weight excluding hydrogens is 364 g/mol. The van der Waals surface area contributed by atoms with Gasteiger partial charge in [0.05, 0.1) is 12.7 Å². The maximum atomic E-state index is 12.9. The van der Waals surface area contributed by atoms with E-state index in [0.29, 0.717) is 37.1 Å². The van der Waals surface area contributed by atoms with Gasteiger partial charge in [-0.3, -0.25) is 9.59 Å². The lowest BCUT2D eigenvalue weighted by atomic mass is 9.67. The second-order valence-corrected chi connectivity index (χ2v) is 7.75. The van der Waals surface area contributed by atoms with E-state index in [1.807, 2.05) is 55.5 Å². The smallest absolute Gasteiger partial charge is 0.255 e. The lowest BCUT2D eigenvalue weighted by Gasteiger charge is -2.39. The summed E-state index contributed by atoms with van der Waals surface area (Å²) >= 11 is 0. The third-order valence-corrected chi connectivity index (χ3v) is 5.46. The molecule has 1 fully saturated rings. The third-order valence-electron chi connectivity index (χ3n) is 5.46. The molecule has 5 nitrogen and oxygen atoms in total. The van der Waals surface area contributed by atoms with Crippen molar-refractivity contribution in [3.63, 3.8) is 0 Å². The quantitative estimate of drug-likeness (QED) is 0.764. The van der Waals surface area contributed by atoms with Crippen LogP contribution in [0.25, 0.3) is 0 Å². The Labute approximate surface area is 172 Å². The number of ketones is 1. The van der Waals surface area contributed by atoms with Gasteiger partial charge in [0.2, 0.25) is 0 Å². The fourth-order valence-corrected chi connectivity index (χ4v) is 3.96. The summed E-state index contributed by atoms with van der Waals surface area (Å²) in [6.07, 6.45) is 3.67. The van der Waals surface area contributed by atoms with E-state index < -0.39 is 0 Å². The summed E-state index contributed by atoms with van der Waals surface area (Å²) in [5, 5.41) is 3.10. The first-order valence-electron chi connectivity index (χ1n) is 9.82. The monoisotopic (exact) mass is 392 g/mol. The summed E-state index contributed by atoms with van der Waals surface area (Å²) in [6.45, 7) is 0.450. The van der Waals surface area contributed by atoms with E-state index in [2.05, 4.69) is 17.4 Å². The molecular formula is C24H28N2O3. The number of para-hydroxylation sites is 1. The summed E-state index contributed by atoms with van der Waals surface area (Å²) in [5.74, 6) is 0.555. The van der Waals surface area contributed by atoms with E-state index in [-0.39, 0.29) is 17.1 Å². The molecule has 2 aromatic carbocycles. The van der Waals surface area contributed by atoms with Crippen molar-refractivity contribution in [2.24, 2.45) is 0 Å².